The minimum absolute atomic E-state index is 0.0778. The molecule has 1 aromatic heterocycles. The molecule has 1 aliphatic rings. The number of carbonyl (C=O) groups is 1. The first kappa shape index (κ1) is 14.5. The van der Waals surface area contributed by atoms with Crippen LogP contribution in [-0.2, 0) is 24.3 Å². The molecule has 1 amide bonds. The molecule has 1 fully saturated rings. The molecular formula is C13H21BrN4O. The molecular weight excluding hydrogens is 308 g/mol. The third-order valence-electron chi connectivity index (χ3n) is 3.50. The van der Waals surface area contributed by atoms with Crippen molar-refractivity contribution in [3.8, 4) is 0 Å². The van der Waals surface area contributed by atoms with E-state index in [1.54, 1.807) is 0 Å². The number of aromatic nitrogens is 2. The first-order valence-corrected chi connectivity index (χ1v) is 7.71. The van der Waals surface area contributed by atoms with E-state index in [2.05, 4.69) is 45.5 Å². The summed E-state index contributed by atoms with van der Waals surface area (Å²) < 4.78 is 3.07. The number of hydrogen-bond acceptors (Lipinski definition) is 3. The fourth-order valence-electron chi connectivity index (χ4n) is 2.37. The highest BCUT2D eigenvalue weighted by Crippen LogP contribution is 2.22. The largest absolute Gasteiger partial charge is 0.355 e. The molecule has 19 heavy (non-hydrogen) atoms. The smallest absolute Gasteiger partial charge is 0.237 e. The van der Waals surface area contributed by atoms with Gasteiger partial charge in [-0.15, -0.1) is 0 Å². The van der Waals surface area contributed by atoms with E-state index in [1.807, 2.05) is 4.68 Å². The molecule has 1 saturated heterocycles. The van der Waals surface area contributed by atoms with Crippen molar-refractivity contribution in [2.24, 2.45) is 0 Å². The Morgan fingerprint density at radius 1 is 1.53 bits per heavy atom. The molecule has 1 unspecified atom stereocenters. The number of aryl methyl sites for hydroxylation is 2. The van der Waals surface area contributed by atoms with Gasteiger partial charge in [-0.05, 0) is 42.1 Å². The van der Waals surface area contributed by atoms with Gasteiger partial charge in [0.15, 0.2) is 0 Å². The molecule has 0 aliphatic carbocycles. The number of nitrogens with zero attached hydrogens (tertiary/aromatic N) is 2. The van der Waals surface area contributed by atoms with Crippen molar-refractivity contribution in [3.05, 3.63) is 15.9 Å². The van der Waals surface area contributed by atoms with Crippen LogP contribution in [0.25, 0.3) is 0 Å². The van der Waals surface area contributed by atoms with Gasteiger partial charge in [0.1, 0.15) is 0 Å². The highest BCUT2D eigenvalue weighted by Gasteiger charge is 2.22. The molecule has 0 radical (unpaired) electrons. The van der Waals surface area contributed by atoms with Crippen molar-refractivity contribution >= 4 is 21.8 Å². The van der Waals surface area contributed by atoms with E-state index in [9.17, 15) is 4.79 Å². The first-order valence-electron chi connectivity index (χ1n) is 6.92. The maximum Gasteiger partial charge on any atom is 0.237 e. The molecule has 0 spiro atoms. The number of halogens is 1. The van der Waals surface area contributed by atoms with Crippen molar-refractivity contribution in [2.45, 2.75) is 52.2 Å². The summed E-state index contributed by atoms with van der Waals surface area (Å²) in [5, 5.41) is 10.8. The number of nitrogens with one attached hydrogen (secondary N) is 2. The highest BCUT2D eigenvalue weighted by molar-refractivity contribution is 9.10. The van der Waals surface area contributed by atoms with Crippen molar-refractivity contribution < 1.29 is 4.79 Å². The summed E-state index contributed by atoms with van der Waals surface area (Å²) in [5.74, 6) is 0.112. The Hall–Kier alpha value is -0.880. The molecule has 1 atom stereocenters. The van der Waals surface area contributed by atoms with Crippen LogP contribution in [0.5, 0.6) is 0 Å². The second-order valence-electron chi connectivity index (χ2n) is 4.74. The van der Waals surface area contributed by atoms with Crippen LogP contribution in [0.1, 0.15) is 38.1 Å². The number of rotatable bonds is 5. The van der Waals surface area contributed by atoms with Crippen LogP contribution >= 0.6 is 15.9 Å². The molecule has 1 aromatic rings. The van der Waals surface area contributed by atoms with Crippen LogP contribution in [0.3, 0.4) is 0 Å². The van der Waals surface area contributed by atoms with E-state index in [0.717, 1.165) is 48.2 Å². The van der Waals surface area contributed by atoms with Gasteiger partial charge in [0.2, 0.25) is 5.91 Å². The summed E-state index contributed by atoms with van der Waals surface area (Å²) in [6.07, 6.45) is 2.85. The molecule has 2 heterocycles. The molecule has 2 rings (SSSR count). The fourth-order valence-corrected chi connectivity index (χ4v) is 3.08. The molecule has 106 valence electrons. The molecule has 0 aromatic carbocycles. The van der Waals surface area contributed by atoms with Gasteiger partial charge in [-0.2, -0.15) is 5.10 Å². The number of amides is 1. The summed E-state index contributed by atoms with van der Waals surface area (Å²) in [6.45, 7) is 6.48. The maximum absolute atomic E-state index is 11.7. The van der Waals surface area contributed by atoms with Gasteiger partial charge in [-0.3, -0.25) is 9.48 Å². The summed E-state index contributed by atoms with van der Waals surface area (Å²) in [7, 11) is 0. The summed E-state index contributed by atoms with van der Waals surface area (Å²) in [4.78, 5) is 11.7. The second-order valence-corrected chi connectivity index (χ2v) is 5.54. The lowest BCUT2D eigenvalue weighted by molar-refractivity contribution is -0.124. The van der Waals surface area contributed by atoms with Gasteiger partial charge in [-0.1, -0.05) is 6.92 Å². The Balaban J connectivity index is 2.06. The van der Waals surface area contributed by atoms with Crippen molar-refractivity contribution in [1.29, 1.82) is 0 Å². The lowest BCUT2D eigenvalue weighted by atomic mass is 10.1. The number of piperidine rings is 1. The Morgan fingerprint density at radius 2 is 2.32 bits per heavy atom. The monoisotopic (exact) mass is 328 g/mol. The van der Waals surface area contributed by atoms with Crippen LogP contribution in [0.4, 0.5) is 0 Å². The standard InChI is InChI=1S/C13H21BrN4O/c1-3-9-12(14)11(18(4-2)17-9)8-16-10-6-5-7-15-13(10)19/h10,16H,3-8H2,1-2H3,(H,15,19). The minimum atomic E-state index is -0.0778. The van der Waals surface area contributed by atoms with Crippen LogP contribution in [0, 0.1) is 0 Å². The van der Waals surface area contributed by atoms with E-state index < -0.39 is 0 Å². The summed E-state index contributed by atoms with van der Waals surface area (Å²) in [5.41, 5.74) is 2.20. The van der Waals surface area contributed by atoms with Crippen LogP contribution in [-0.4, -0.2) is 28.3 Å². The zero-order valence-electron chi connectivity index (χ0n) is 11.5. The average Bonchev–Trinajstić information content (AvgIpc) is 2.74. The third-order valence-corrected chi connectivity index (χ3v) is 4.41. The van der Waals surface area contributed by atoms with E-state index in [1.165, 1.54) is 0 Å². The molecule has 0 bridgehead atoms. The SMILES string of the molecule is CCc1nn(CC)c(CNC2CCCNC2=O)c1Br. The fraction of sp³-hybridized carbons (Fsp3) is 0.692. The van der Waals surface area contributed by atoms with E-state index >= 15 is 0 Å². The lowest BCUT2D eigenvalue weighted by Gasteiger charge is -2.23. The molecule has 5 nitrogen and oxygen atoms in total. The van der Waals surface area contributed by atoms with E-state index in [-0.39, 0.29) is 11.9 Å². The molecule has 2 N–H and O–H groups in total. The summed E-state index contributed by atoms with van der Waals surface area (Å²) >= 11 is 3.62. The average molecular weight is 329 g/mol. The maximum atomic E-state index is 11.7. The number of hydrogen-bond donors (Lipinski definition) is 2. The zero-order valence-corrected chi connectivity index (χ0v) is 13.1. The van der Waals surface area contributed by atoms with Crippen molar-refractivity contribution in [1.82, 2.24) is 20.4 Å². The van der Waals surface area contributed by atoms with Crippen molar-refractivity contribution in [3.63, 3.8) is 0 Å². The second kappa shape index (κ2) is 6.52. The van der Waals surface area contributed by atoms with Gasteiger partial charge in [0.05, 0.1) is 21.9 Å². The highest BCUT2D eigenvalue weighted by atomic mass is 79.9. The van der Waals surface area contributed by atoms with Crippen molar-refractivity contribution in [2.75, 3.05) is 6.54 Å². The Kier molecular flexibility index (Phi) is 4.99. The van der Waals surface area contributed by atoms with Gasteiger partial charge < -0.3 is 10.6 Å². The Bertz CT molecular complexity index is 458. The first-order chi connectivity index (χ1) is 9.17. The van der Waals surface area contributed by atoms with Gasteiger partial charge >= 0.3 is 0 Å². The molecule has 6 heteroatoms. The Morgan fingerprint density at radius 3 is 2.95 bits per heavy atom. The zero-order chi connectivity index (χ0) is 13.8. The van der Waals surface area contributed by atoms with Crippen LogP contribution in [0.2, 0.25) is 0 Å². The normalized spacial score (nSPS) is 19.5. The number of carbonyl (C=O) groups excluding carboxylic acids is 1. The molecule has 0 saturated carbocycles. The third kappa shape index (κ3) is 3.17. The quantitative estimate of drug-likeness (QED) is 0.863. The predicted octanol–water partition coefficient (Wildman–Crippen LogP) is 1.60. The summed E-state index contributed by atoms with van der Waals surface area (Å²) in [6, 6.07) is -0.0778. The minimum Gasteiger partial charge on any atom is -0.355 e. The Labute approximate surface area is 122 Å². The molecule has 1 aliphatic heterocycles. The van der Waals surface area contributed by atoms with Gasteiger partial charge in [0.25, 0.3) is 0 Å². The van der Waals surface area contributed by atoms with E-state index in [0.29, 0.717) is 6.54 Å². The van der Waals surface area contributed by atoms with Crippen LogP contribution in [0.15, 0.2) is 4.47 Å². The van der Waals surface area contributed by atoms with Crippen LogP contribution < -0.4 is 10.6 Å². The van der Waals surface area contributed by atoms with Gasteiger partial charge in [0, 0.05) is 19.6 Å². The lowest BCUT2D eigenvalue weighted by Crippen LogP contribution is -2.48. The predicted molar refractivity (Wildman–Crippen MR) is 77.9 cm³/mol. The van der Waals surface area contributed by atoms with Gasteiger partial charge in [-0.25, -0.2) is 0 Å². The topological polar surface area (TPSA) is 59.0 Å². The van der Waals surface area contributed by atoms with E-state index in [4.69, 9.17) is 0 Å².